The number of thiazole rings is 1. The van der Waals surface area contributed by atoms with Gasteiger partial charge in [0, 0.05) is 18.3 Å². The van der Waals surface area contributed by atoms with Crippen molar-refractivity contribution < 1.29 is 9.66 Å². The molecule has 1 aromatic heterocycles. The van der Waals surface area contributed by atoms with E-state index in [2.05, 4.69) is 9.98 Å². The second kappa shape index (κ2) is 5.90. The number of fused-ring (bicyclic) bond motifs is 1. The molecule has 6 nitrogen and oxygen atoms in total. The fraction of sp³-hybridized carbons (Fsp3) is 0.0667. The lowest BCUT2D eigenvalue weighted by molar-refractivity contribution is -0.384. The van der Waals surface area contributed by atoms with Crippen molar-refractivity contribution in [1.29, 1.82) is 0 Å². The highest BCUT2D eigenvalue weighted by atomic mass is 32.1. The van der Waals surface area contributed by atoms with Gasteiger partial charge < -0.3 is 4.74 Å². The maximum absolute atomic E-state index is 10.6. The number of nitro benzene ring substituents is 1. The Morgan fingerprint density at radius 2 is 2.05 bits per heavy atom. The van der Waals surface area contributed by atoms with E-state index in [0.717, 1.165) is 21.5 Å². The third-order valence-electron chi connectivity index (χ3n) is 3.01. The van der Waals surface area contributed by atoms with Crippen molar-refractivity contribution in [2.24, 2.45) is 4.99 Å². The predicted octanol–water partition coefficient (Wildman–Crippen LogP) is 3.96. The van der Waals surface area contributed by atoms with Gasteiger partial charge in [-0.1, -0.05) is 11.3 Å². The molecule has 0 aliphatic rings. The first-order valence-electron chi connectivity index (χ1n) is 6.39. The monoisotopic (exact) mass is 313 g/mol. The zero-order valence-corrected chi connectivity index (χ0v) is 12.4. The van der Waals surface area contributed by atoms with Gasteiger partial charge in [0.25, 0.3) is 5.69 Å². The van der Waals surface area contributed by atoms with Gasteiger partial charge in [0.1, 0.15) is 5.75 Å². The number of non-ortho nitro benzene ring substituents is 1. The number of ether oxygens (including phenoxy) is 1. The van der Waals surface area contributed by atoms with E-state index in [0.29, 0.717) is 5.13 Å². The van der Waals surface area contributed by atoms with Crippen LogP contribution < -0.4 is 4.74 Å². The van der Waals surface area contributed by atoms with E-state index in [1.807, 2.05) is 18.2 Å². The van der Waals surface area contributed by atoms with Crippen LogP contribution in [0.15, 0.2) is 47.5 Å². The Labute approximate surface area is 129 Å². The summed E-state index contributed by atoms with van der Waals surface area (Å²) >= 11 is 1.46. The first-order chi connectivity index (χ1) is 10.7. The van der Waals surface area contributed by atoms with Crippen LogP contribution in [0.25, 0.3) is 10.2 Å². The molecule has 0 N–H and O–H groups in total. The molecule has 0 bridgehead atoms. The van der Waals surface area contributed by atoms with Gasteiger partial charge in [-0.25, -0.2) is 9.98 Å². The Morgan fingerprint density at radius 3 is 2.73 bits per heavy atom. The molecule has 2 aromatic carbocycles. The Bertz CT molecular complexity index is 856. The summed E-state index contributed by atoms with van der Waals surface area (Å²) in [5.74, 6) is 0.780. The van der Waals surface area contributed by atoms with Crippen molar-refractivity contribution in [3.8, 4) is 5.75 Å². The molecule has 3 rings (SSSR count). The van der Waals surface area contributed by atoms with Crippen LogP contribution in [0.2, 0.25) is 0 Å². The Balaban J connectivity index is 1.84. The average Bonchev–Trinajstić information content (AvgIpc) is 2.95. The predicted molar refractivity (Wildman–Crippen MR) is 86.5 cm³/mol. The SMILES string of the molecule is COc1ccc2nc(/N=C/c3ccc([N+](=O)[O-])cc3)sc2c1. The molecule has 0 spiro atoms. The van der Waals surface area contributed by atoms with Crippen LogP contribution in [0.4, 0.5) is 10.8 Å². The van der Waals surface area contributed by atoms with Crippen LogP contribution in [-0.2, 0) is 0 Å². The molecule has 22 heavy (non-hydrogen) atoms. The fourth-order valence-corrected chi connectivity index (χ4v) is 2.73. The van der Waals surface area contributed by atoms with Gasteiger partial charge in [-0.05, 0) is 35.9 Å². The van der Waals surface area contributed by atoms with E-state index in [1.165, 1.54) is 23.5 Å². The normalized spacial score (nSPS) is 11.1. The summed E-state index contributed by atoms with van der Waals surface area (Å²) in [6, 6.07) is 11.9. The van der Waals surface area contributed by atoms with Crippen LogP contribution in [0.5, 0.6) is 5.75 Å². The molecule has 0 atom stereocenters. The summed E-state index contributed by atoms with van der Waals surface area (Å²) in [7, 11) is 1.62. The molecule has 0 radical (unpaired) electrons. The van der Waals surface area contributed by atoms with Crippen molar-refractivity contribution in [3.63, 3.8) is 0 Å². The van der Waals surface area contributed by atoms with E-state index < -0.39 is 4.92 Å². The van der Waals surface area contributed by atoms with Gasteiger partial charge in [0.2, 0.25) is 5.13 Å². The number of benzene rings is 2. The van der Waals surface area contributed by atoms with Gasteiger partial charge in [-0.2, -0.15) is 0 Å². The van der Waals surface area contributed by atoms with E-state index >= 15 is 0 Å². The molecule has 7 heteroatoms. The number of nitro groups is 1. The highest BCUT2D eigenvalue weighted by molar-refractivity contribution is 7.22. The quantitative estimate of drug-likeness (QED) is 0.415. The van der Waals surface area contributed by atoms with E-state index in [1.54, 1.807) is 25.5 Å². The highest BCUT2D eigenvalue weighted by Crippen LogP contribution is 2.30. The lowest BCUT2D eigenvalue weighted by atomic mass is 10.2. The minimum absolute atomic E-state index is 0.0595. The third-order valence-corrected chi connectivity index (χ3v) is 3.94. The Kier molecular flexibility index (Phi) is 3.80. The number of hydrogen-bond donors (Lipinski definition) is 0. The van der Waals surface area contributed by atoms with Gasteiger partial charge in [-0.3, -0.25) is 10.1 Å². The lowest BCUT2D eigenvalue weighted by Crippen LogP contribution is -1.88. The minimum atomic E-state index is -0.429. The Hall–Kier alpha value is -2.80. The molecule has 3 aromatic rings. The molecular weight excluding hydrogens is 302 g/mol. The summed E-state index contributed by atoms with van der Waals surface area (Å²) in [5.41, 5.74) is 1.70. The summed E-state index contributed by atoms with van der Waals surface area (Å²) < 4.78 is 6.17. The Morgan fingerprint density at radius 1 is 1.27 bits per heavy atom. The smallest absolute Gasteiger partial charge is 0.269 e. The average molecular weight is 313 g/mol. The summed E-state index contributed by atoms with van der Waals surface area (Å²) in [5, 5.41) is 11.2. The molecule has 0 fully saturated rings. The summed E-state index contributed by atoms with van der Waals surface area (Å²) in [4.78, 5) is 18.9. The van der Waals surface area contributed by atoms with Crippen LogP contribution in [0, 0.1) is 10.1 Å². The number of nitrogens with zero attached hydrogens (tertiary/aromatic N) is 3. The zero-order chi connectivity index (χ0) is 15.5. The number of aliphatic imine (C=N–C) groups is 1. The van der Waals surface area contributed by atoms with E-state index in [4.69, 9.17) is 4.74 Å². The second-order valence-corrected chi connectivity index (χ2v) is 5.45. The van der Waals surface area contributed by atoms with E-state index in [9.17, 15) is 10.1 Å². The van der Waals surface area contributed by atoms with Crippen molar-refractivity contribution in [2.75, 3.05) is 7.11 Å². The molecule has 0 saturated carbocycles. The molecule has 0 saturated heterocycles. The second-order valence-electron chi connectivity index (χ2n) is 4.44. The topological polar surface area (TPSA) is 77.6 Å². The maximum atomic E-state index is 10.6. The van der Waals surface area contributed by atoms with E-state index in [-0.39, 0.29) is 5.69 Å². The van der Waals surface area contributed by atoms with Gasteiger partial charge in [0.15, 0.2) is 0 Å². The van der Waals surface area contributed by atoms with Crippen LogP contribution >= 0.6 is 11.3 Å². The zero-order valence-electron chi connectivity index (χ0n) is 11.6. The molecule has 0 aliphatic carbocycles. The number of methoxy groups -OCH3 is 1. The maximum Gasteiger partial charge on any atom is 0.269 e. The molecule has 110 valence electrons. The van der Waals surface area contributed by atoms with Crippen molar-refractivity contribution in [1.82, 2.24) is 4.98 Å². The van der Waals surface area contributed by atoms with Crippen molar-refractivity contribution >= 4 is 38.6 Å². The van der Waals surface area contributed by atoms with Gasteiger partial charge >= 0.3 is 0 Å². The van der Waals surface area contributed by atoms with Gasteiger partial charge in [0.05, 0.1) is 22.2 Å². The van der Waals surface area contributed by atoms with Crippen LogP contribution in [0.3, 0.4) is 0 Å². The van der Waals surface area contributed by atoms with Crippen molar-refractivity contribution in [3.05, 3.63) is 58.1 Å². The summed E-state index contributed by atoms with van der Waals surface area (Å²) in [6.45, 7) is 0. The third kappa shape index (κ3) is 2.94. The highest BCUT2D eigenvalue weighted by Gasteiger charge is 2.05. The number of rotatable bonds is 4. The molecular formula is C15H11N3O3S. The fourth-order valence-electron chi connectivity index (χ4n) is 1.89. The molecule has 0 unspecified atom stereocenters. The summed E-state index contributed by atoms with van der Waals surface area (Å²) in [6.07, 6.45) is 1.64. The molecule has 1 heterocycles. The van der Waals surface area contributed by atoms with Crippen LogP contribution in [0.1, 0.15) is 5.56 Å². The van der Waals surface area contributed by atoms with Crippen molar-refractivity contribution in [2.45, 2.75) is 0 Å². The van der Waals surface area contributed by atoms with Crippen LogP contribution in [-0.4, -0.2) is 23.2 Å². The largest absolute Gasteiger partial charge is 0.497 e. The minimum Gasteiger partial charge on any atom is -0.497 e. The number of hydrogen-bond acceptors (Lipinski definition) is 6. The number of aromatic nitrogens is 1. The molecule has 0 amide bonds. The van der Waals surface area contributed by atoms with Gasteiger partial charge in [-0.15, -0.1) is 0 Å². The molecule has 0 aliphatic heterocycles. The lowest BCUT2D eigenvalue weighted by Gasteiger charge is -1.96. The first-order valence-corrected chi connectivity index (χ1v) is 7.20. The first kappa shape index (κ1) is 14.2. The standard InChI is InChI=1S/C15H11N3O3S/c1-21-12-6-7-13-14(8-12)22-15(17-13)16-9-10-2-4-11(5-3-10)18(19)20/h2-9H,1H3/b16-9+.